The molecule has 0 amide bonds. The van der Waals surface area contributed by atoms with Crippen molar-refractivity contribution in [2.24, 2.45) is 5.92 Å². The molecule has 21 heavy (non-hydrogen) atoms. The Morgan fingerprint density at radius 2 is 2.05 bits per heavy atom. The molecule has 0 saturated heterocycles. The van der Waals surface area contributed by atoms with Gasteiger partial charge < -0.3 is 9.84 Å². The molecule has 1 fully saturated rings. The fourth-order valence-corrected chi connectivity index (χ4v) is 3.18. The van der Waals surface area contributed by atoms with Crippen LogP contribution >= 0.6 is 0 Å². The Morgan fingerprint density at radius 1 is 1.33 bits per heavy atom. The van der Waals surface area contributed by atoms with E-state index in [1.54, 1.807) is 31.3 Å². The van der Waals surface area contributed by atoms with Gasteiger partial charge in [-0.2, -0.15) is 0 Å². The fraction of sp³-hybridized carbons (Fsp3) is 0.600. The van der Waals surface area contributed by atoms with Gasteiger partial charge in [-0.05, 0) is 29.9 Å². The van der Waals surface area contributed by atoms with E-state index in [4.69, 9.17) is 9.84 Å². The van der Waals surface area contributed by atoms with Crippen LogP contribution in [0.2, 0.25) is 0 Å². The number of aliphatic hydroxyl groups excluding tert-OH is 1. The number of hydrogen-bond acceptors (Lipinski definition) is 4. The third kappa shape index (κ3) is 5.39. The Hall–Kier alpha value is -0.950. The van der Waals surface area contributed by atoms with Gasteiger partial charge in [0.25, 0.3) is 0 Å². The van der Waals surface area contributed by atoms with Crippen LogP contribution in [0.15, 0.2) is 24.3 Å². The van der Waals surface area contributed by atoms with Crippen LogP contribution in [0.1, 0.15) is 24.0 Å². The second kappa shape index (κ2) is 7.35. The molecule has 1 saturated carbocycles. The molecule has 1 aromatic rings. The molecule has 118 valence electrons. The van der Waals surface area contributed by atoms with Crippen LogP contribution in [0.3, 0.4) is 0 Å². The number of sulfonamides is 1. The molecule has 5 nitrogen and oxygen atoms in total. The van der Waals surface area contributed by atoms with Gasteiger partial charge in [-0.15, -0.1) is 0 Å². The average Bonchev–Trinajstić information content (AvgIpc) is 3.27. The van der Waals surface area contributed by atoms with E-state index >= 15 is 0 Å². The first kappa shape index (κ1) is 16.4. The number of aliphatic hydroxyl groups is 1. The molecule has 6 heteroatoms. The number of rotatable bonds is 9. The smallest absolute Gasteiger partial charge is 0.218 e. The summed E-state index contributed by atoms with van der Waals surface area (Å²) in [5.41, 5.74) is 1.41. The summed E-state index contributed by atoms with van der Waals surface area (Å²) < 4.78 is 31.3. The van der Waals surface area contributed by atoms with Gasteiger partial charge in [-0.1, -0.05) is 24.3 Å². The average molecular weight is 313 g/mol. The van der Waals surface area contributed by atoms with Crippen molar-refractivity contribution in [2.75, 3.05) is 26.8 Å². The Morgan fingerprint density at radius 3 is 2.71 bits per heavy atom. The van der Waals surface area contributed by atoms with Crippen molar-refractivity contribution in [1.82, 2.24) is 4.31 Å². The summed E-state index contributed by atoms with van der Waals surface area (Å²) in [7, 11) is -1.78. The van der Waals surface area contributed by atoms with Crippen LogP contribution < -0.4 is 0 Å². The molecular weight excluding hydrogens is 290 g/mol. The lowest BCUT2D eigenvalue weighted by Gasteiger charge is -2.17. The summed E-state index contributed by atoms with van der Waals surface area (Å²) in [6.45, 7) is 1.46. The van der Waals surface area contributed by atoms with Crippen LogP contribution in [0, 0.1) is 5.92 Å². The second-order valence-corrected chi connectivity index (χ2v) is 7.65. The highest BCUT2D eigenvalue weighted by Gasteiger charge is 2.22. The molecule has 1 aliphatic carbocycles. The maximum Gasteiger partial charge on any atom is 0.218 e. The largest absolute Gasteiger partial charge is 0.392 e. The third-order valence-electron chi connectivity index (χ3n) is 3.60. The molecule has 0 radical (unpaired) electrons. The van der Waals surface area contributed by atoms with Gasteiger partial charge in [-0.25, -0.2) is 12.7 Å². The van der Waals surface area contributed by atoms with Gasteiger partial charge in [0.1, 0.15) is 0 Å². The molecule has 0 spiro atoms. The zero-order valence-corrected chi connectivity index (χ0v) is 13.2. The van der Waals surface area contributed by atoms with Crippen LogP contribution in [0.25, 0.3) is 0 Å². The first-order valence-electron chi connectivity index (χ1n) is 7.21. The Balaban J connectivity index is 1.83. The van der Waals surface area contributed by atoms with E-state index in [0.29, 0.717) is 24.6 Å². The standard InChI is InChI=1S/C15H23NO4S/c1-16(7-8-20-11-13-5-6-13)21(18,19)12-15-4-2-3-14(9-15)10-17/h2-4,9,13,17H,5-8,10-12H2,1H3. The van der Waals surface area contributed by atoms with Gasteiger partial charge in [0.05, 0.1) is 19.0 Å². The molecule has 0 atom stereocenters. The summed E-state index contributed by atoms with van der Waals surface area (Å²) in [5.74, 6) is 0.632. The lowest BCUT2D eigenvalue weighted by Crippen LogP contribution is -2.31. The van der Waals surface area contributed by atoms with E-state index in [1.165, 1.54) is 17.1 Å². The highest BCUT2D eigenvalue weighted by Crippen LogP contribution is 2.28. The van der Waals surface area contributed by atoms with Gasteiger partial charge in [0, 0.05) is 20.2 Å². The minimum absolute atomic E-state index is 0.0556. The zero-order valence-electron chi connectivity index (χ0n) is 12.4. The van der Waals surface area contributed by atoms with Crippen molar-refractivity contribution in [2.45, 2.75) is 25.2 Å². The lowest BCUT2D eigenvalue weighted by atomic mass is 10.1. The van der Waals surface area contributed by atoms with Crippen molar-refractivity contribution < 1.29 is 18.3 Å². The van der Waals surface area contributed by atoms with Crippen molar-refractivity contribution in [3.05, 3.63) is 35.4 Å². The van der Waals surface area contributed by atoms with Crippen molar-refractivity contribution in [1.29, 1.82) is 0 Å². The molecule has 0 aromatic heterocycles. The molecule has 0 unspecified atom stereocenters. The summed E-state index contributed by atoms with van der Waals surface area (Å²) in [4.78, 5) is 0. The predicted octanol–water partition coefficient (Wildman–Crippen LogP) is 1.37. The van der Waals surface area contributed by atoms with Crippen LogP contribution in [-0.2, 0) is 27.1 Å². The minimum Gasteiger partial charge on any atom is -0.392 e. The maximum absolute atomic E-state index is 12.2. The first-order valence-corrected chi connectivity index (χ1v) is 8.82. The number of hydrogen-bond donors (Lipinski definition) is 1. The minimum atomic E-state index is -3.35. The molecule has 0 heterocycles. The molecule has 1 aliphatic rings. The Bertz CT molecular complexity index is 555. The van der Waals surface area contributed by atoms with Crippen molar-refractivity contribution in [3.63, 3.8) is 0 Å². The van der Waals surface area contributed by atoms with Gasteiger partial charge >= 0.3 is 0 Å². The number of likely N-dealkylation sites (N-methyl/N-ethyl adjacent to an activating group) is 1. The number of ether oxygens (including phenoxy) is 1. The maximum atomic E-state index is 12.2. The van der Waals surface area contributed by atoms with E-state index in [9.17, 15) is 8.42 Å². The van der Waals surface area contributed by atoms with Crippen LogP contribution in [0.5, 0.6) is 0 Å². The van der Waals surface area contributed by atoms with Crippen molar-refractivity contribution >= 4 is 10.0 Å². The quantitative estimate of drug-likeness (QED) is 0.699. The van der Waals surface area contributed by atoms with E-state index in [1.807, 2.05) is 0 Å². The molecule has 2 rings (SSSR count). The summed E-state index contributed by atoms with van der Waals surface area (Å²) in [6.07, 6.45) is 2.46. The molecule has 1 N–H and O–H groups in total. The summed E-state index contributed by atoms with van der Waals surface area (Å²) in [5, 5.41) is 9.09. The molecule has 1 aromatic carbocycles. The lowest BCUT2D eigenvalue weighted by molar-refractivity contribution is 0.117. The van der Waals surface area contributed by atoms with E-state index in [-0.39, 0.29) is 12.4 Å². The first-order chi connectivity index (χ1) is 10.0. The van der Waals surface area contributed by atoms with Crippen molar-refractivity contribution in [3.8, 4) is 0 Å². The zero-order chi connectivity index (χ0) is 15.3. The molecular formula is C15H23NO4S. The topological polar surface area (TPSA) is 66.8 Å². The number of nitrogens with zero attached hydrogens (tertiary/aromatic N) is 1. The monoisotopic (exact) mass is 313 g/mol. The van der Waals surface area contributed by atoms with E-state index in [0.717, 1.165) is 12.2 Å². The van der Waals surface area contributed by atoms with E-state index in [2.05, 4.69) is 0 Å². The van der Waals surface area contributed by atoms with Crippen LogP contribution in [-0.4, -0.2) is 44.6 Å². The van der Waals surface area contributed by atoms with Gasteiger partial charge in [0.15, 0.2) is 0 Å². The number of benzene rings is 1. The third-order valence-corrected chi connectivity index (χ3v) is 5.43. The Kier molecular flexibility index (Phi) is 5.75. The van der Waals surface area contributed by atoms with E-state index < -0.39 is 10.0 Å². The van der Waals surface area contributed by atoms with Gasteiger partial charge in [0.2, 0.25) is 10.0 Å². The highest BCUT2D eigenvalue weighted by molar-refractivity contribution is 7.88. The normalized spacial score (nSPS) is 15.6. The predicted molar refractivity (Wildman–Crippen MR) is 81.2 cm³/mol. The summed E-state index contributed by atoms with van der Waals surface area (Å²) >= 11 is 0. The van der Waals surface area contributed by atoms with Crippen LogP contribution in [0.4, 0.5) is 0 Å². The molecule has 0 bridgehead atoms. The SMILES string of the molecule is CN(CCOCC1CC1)S(=O)(=O)Cc1cccc(CO)c1. The fourth-order valence-electron chi connectivity index (χ4n) is 2.01. The Labute approximate surface area is 126 Å². The molecule has 0 aliphatic heterocycles. The second-order valence-electron chi connectivity index (χ2n) is 5.57. The summed E-state index contributed by atoms with van der Waals surface area (Å²) in [6, 6.07) is 7.00. The van der Waals surface area contributed by atoms with Gasteiger partial charge in [-0.3, -0.25) is 0 Å². The highest BCUT2D eigenvalue weighted by atomic mass is 32.2.